The third-order valence-corrected chi connectivity index (χ3v) is 4.50. The lowest BCUT2D eigenvalue weighted by Gasteiger charge is -2.45. The van der Waals surface area contributed by atoms with E-state index < -0.39 is 0 Å². The standard InChI is InChI=1S/C15H22N2/c16-8-5-12-1-3-13(4-2-12)15-11-17-9-6-14(15)7-10-17/h1-4,14-15H,5-11,16H2. The minimum atomic E-state index is 0.749. The summed E-state index contributed by atoms with van der Waals surface area (Å²) in [6.45, 7) is 4.68. The molecule has 1 atom stereocenters. The molecular formula is C15H22N2. The molecule has 3 aliphatic heterocycles. The maximum Gasteiger partial charge on any atom is 0.00530 e. The number of fused-ring (bicyclic) bond motifs is 3. The fraction of sp³-hybridized carbons (Fsp3) is 0.600. The average molecular weight is 230 g/mol. The van der Waals surface area contributed by atoms with Crippen LogP contribution in [0.15, 0.2) is 24.3 Å². The van der Waals surface area contributed by atoms with Gasteiger partial charge in [-0.15, -0.1) is 0 Å². The highest BCUT2D eigenvalue weighted by atomic mass is 15.1. The molecule has 2 heteroatoms. The number of piperidine rings is 3. The Balaban J connectivity index is 1.75. The zero-order chi connectivity index (χ0) is 11.7. The summed E-state index contributed by atoms with van der Waals surface area (Å²) in [5.74, 6) is 1.71. The van der Waals surface area contributed by atoms with Gasteiger partial charge in [-0.25, -0.2) is 0 Å². The highest BCUT2D eigenvalue weighted by Gasteiger charge is 2.34. The number of benzene rings is 1. The zero-order valence-corrected chi connectivity index (χ0v) is 10.4. The van der Waals surface area contributed by atoms with Gasteiger partial charge in [0.05, 0.1) is 0 Å². The molecule has 17 heavy (non-hydrogen) atoms. The summed E-state index contributed by atoms with van der Waals surface area (Å²) in [5.41, 5.74) is 8.50. The van der Waals surface area contributed by atoms with Crippen molar-refractivity contribution in [3.8, 4) is 0 Å². The van der Waals surface area contributed by atoms with Crippen molar-refractivity contribution < 1.29 is 0 Å². The minimum Gasteiger partial charge on any atom is -0.330 e. The minimum absolute atomic E-state index is 0.749. The van der Waals surface area contributed by atoms with Gasteiger partial charge in [-0.1, -0.05) is 24.3 Å². The van der Waals surface area contributed by atoms with Crippen LogP contribution in [0.5, 0.6) is 0 Å². The molecule has 92 valence electrons. The third-order valence-electron chi connectivity index (χ3n) is 4.50. The molecule has 2 N–H and O–H groups in total. The van der Waals surface area contributed by atoms with Crippen LogP contribution in [0.25, 0.3) is 0 Å². The molecule has 0 saturated carbocycles. The van der Waals surface area contributed by atoms with E-state index in [4.69, 9.17) is 5.73 Å². The van der Waals surface area contributed by atoms with Gasteiger partial charge in [0.25, 0.3) is 0 Å². The molecule has 0 aliphatic carbocycles. The van der Waals surface area contributed by atoms with E-state index in [1.165, 1.54) is 38.0 Å². The van der Waals surface area contributed by atoms with E-state index in [9.17, 15) is 0 Å². The summed E-state index contributed by atoms with van der Waals surface area (Å²) in [6.07, 6.45) is 3.80. The molecule has 3 aliphatic rings. The normalized spacial score (nSPS) is 31.7. The van der Waals surface area contributed by atoms with Gasteiger partial charge in [0, 0.05) is 6.54 Å². The number of rotatable bonds is 3. The molecule has 1 aromatic carbocycles. The van der Waals surface area contributed by atoms with Gasteiger partial charge in [0.1, 0.15) is 0 Å². The van der Waals surface area contributed by atoms with Gasteiger partial charge in [0.2, 0.25) is 0 Å². The van der Waals surface area contributed by atoms with Crippen LogP contribution >= 0.6 is 0 Å². The molecule has 0 spiro atoms. The monoisotopic (exact) mass is 230 g/mol. The highest BCUT2D eigenvalue weighted by Crippen LogP contribution is 2.38. The molecule has 2 bridgehead atoms. The second-order valence-electron chi connectivity index (χ2n) is 5.52. The Morgan fingerprint density at radius 1 is 1.12 bits per heavy atom. The predicted molar refractivity (Wildman–Crippen MR) is 71.1 cm³/mol. The van der Waals surface area contributed by atoms with Crippen molar-refractivity contribution in [2.45, 2.75) is 25.2 Å². The maximum atomic E-state index is 5.58. The van der Waals surface area contributed by atoms with Gasteiger partial charge in [-0.3, -0.25) is 0 Å². The van der Waals surface area contributed by atoms with Crippen molar-refractivity contribution in [2.75, 3.05) is 26.2 Å². The van der Waals surface area contributed by atoms with Gasteiger partial charge in [-0.2, -0.15) is 0 Å². The van der Waals surface area contributed by atoms with Crippen molar-refractivity contribution in [3.05, 3.63) is 35.4 Å². The Bertz CT molecular complexity index is 363. The van der Waals surface area contributed by atoms with E-state index in [0.717, 1.165) is 24.8 Å². The number of hydrogen-bond donors (Lipinski definition) is 1. The van der Waals surface area contributed by atoms with Crippen LogP contribution in [0.4, 0.5) is 0 Å². The first-order chi connectivity index (χ1) is 8.36. The van der Waals surface area contributed by atoms with Crippen LogP contribution in [0.1, 0.15) is 29.9 Å². The summed E-state index contributed by atoms with van der Waals surface area (Å²) in [6, 6.07) is 9.19. The molecule has 3 saturated heterocycles. The van der Waals surface area contributed by atoms with Crippen molar-refractivity contribution in [1.82, 2.24) is 4.90 Å². The second kappa shape index (κ2) is 4.79. The SMILES string of the molecule is NCCc1ccc(C2CN3CCC2CC3)cc1. The maximum absolute atomic E-state index is 5.58. The fourth-order valence-electron chi connectivity index (χ4n) is 3.44. The topological polar surface area (TPSA) is 29.3 Å². The van der Waals surface area contributed by atoms with E-state index in [1.807, 2.05) is 0 Å². The lowest BCUT2D eigenvalue weighted by molar-refractivity contribution is 0.0871. The van der Waals surface area contributed by atoms with E-state index in [1.54, 1.807) is 5.56 Å². The summed E-state index contributed by atoms with van der Waals surface area (Å²) < 4.78 is 0. The predicted octanol–water partition coefficient (Wildman–Crippen LogP) is 2.00. The molecule has 3 fully saturated rings. The van der Waals surface area contributed by atoms with Crippen LogP contribution in [-0.2, 0) is 6.42 Å². The molecule has 1 aromatic rings. The molecule has 0 radical (unpaired) electrons. The van der Waals surface area contributed by atoms with Gasteiger partial charge in [-0.05, 0) is 61.9 Å². The third kappa shape index (κ3) is 2.24. The van der Waals surface area contributed by atoms with Gasteiger partial charge >= 0.3 is 0 Å². The van der Waals surface area contributed by atoms with E-state index in [-0.39, 0.29) is 0 Å². The van der Waals surface area contributed by atoms with Crippen molar-refractivity contribution in [2.24, 2.45) is 11.7 Å². The quantitative estimate of drug-likeness (QED) is 0.860. The van der Waals surface area contributed by atoms with Crippen molar-refractivity contribution in [3.63, 3.8) is 0 Å². The Hall–Kier alpha value is -0.860. The van der Waals surface area contributed by atoms with Crippen LogP contribution in [0, 0.1) is 5.92 Å². The van der Waals surface area contributed by atoms with E-state index in [2.05, 4.69) is 29.2 Å². The van der Waals surface area contributed by atoms with Crippen LogP contribution in [-0.4, -0.2) is 31.1 Å². The first-order valence-corrected chi connectivity index (χ1v) is 6.88. The average Bonchev–Trinajstić information content (AvgIpc) is 2.41. The highest BCUT2D eigenvalue weighted by molar-refractivity contribution is 5.27. The number of nitrogens with zero attached hydrogens (tertiary/aromatic N) is 1. The van der Waals surface area contributed by atoms with Crippen LogP contribution in [0.2, 0.25) is 0 Å². The smallest absolute Gasteiger partial charge is 0.00530 e. The van der Waals surface area contributed by atoms with Crippen molar-refractivity contribution >= 4 is 0 Å². The van der Waals surface area contributed by atoms with Gasteiger partial charge in [0.15, 0.2) is 0 Å². The molecule has 3 heterocycles. The van der Waals surface area contributed by atoms with Crippen LogP contribution in [0.3, 0.4) is 0 Å². The van der Waals surface area contributed by atoms with Gasteiger partial charge < -0.3 is 10.6 Å². The van der Waals surface area contributed by atoms with E-state index in [0.29, 0.717) is 0 Å². The fourth-order valence-corrected chi connectivity index (χ4v) is 3.44. The first-order valence-electron chi connectivity index (χ1n) is 6.88. The molecular weight excluding hydrogens is 208 g/mol. The van der Waals surface area contributed by atoms with Crippen LogP contribution < -0.4 is 5.73 Å². The lowest BCUT2D eigenvalue weighted by atomic mass is 9.75. The Morgan fingerprint density at radius 3 is 2.35 bits per heavy atom. The van der Waals surface area contributed by atoms with E-state index >= 15 is 0 Å². The molecule has 4 rings (SSSR count). The summed E-state index contributed by atoms with van der Waals surface area (Å²) in [4.78, 5) is 2.62. The summed E-state index contributed by atoms with van der Waals surface area (Å²) in [7, 11) is 0. The summed E-state index contributed by atoms with van der Waals surface area (Å²) in [5, 5.41) is 0. The Labute approximate surface area is 104 Å². The first kappa shape index (κ1) is 11.2. The zero-order valence-electron chi connectivity index (χ0n) is 10.4. The Kier molecular flexibility index (Phi) is 3.17. The van der Waals surface area contributed by atoms with Crippen molar-refractivity contribution in [1.29, 1.82) is 0 Å². The summed E-state index contributed by atoms with van der Waals surface area (Å²) >= 11 is 0. The number of nitrogens with two attached hydrogens (primary N) is 1. The molecule has 1 unspecified atom stereocenters. The Morgan fingerprint density at radius 2 is 1.82 bits per heavy atom. The number of hydrogen-bond acceptors (Lipinski definition) is 2. The molecule has 2 nitrogen and oxygen atoms in total. The molecule has 0 amide bonds. The lowest BCUT2D eigenvalue weighted by Crippen LogP contribution is -2.46. The largest absolute Gasteiger partial charge is 0.330 e. The molecule has 0 aromatic heterocycles. The second-order valence-corrected chi connectivity index (χ2v) is 5.52.